The number of fused-ring (bicyclic) bond motifs is 1. The third-order valence-corrected chi connectivity index (χ3v) is 7.75. The van der Waals surface area contributed by atoms with Crippen LogP contribution in [0.1, 0.15) is 79.9 Å². The van der Waals surface area contributed by atoms with Gasteiger partial charge in [-0.15, -0.1) is 11.6 Å². The molecule has 3 aromatic rings. The molecule has 0 spiro atoms. The number of ether oxygens (including phenoxy) is 4. The fourth-order valence-electron chi connectivity index (χ4n) is 5.48. The Bertz CT molecular complexity index is 1790. The summed E-state index contributed by atoms with van der Waals surface area (Å²) in [5.74, 6) is -1.61. The summed E-state index contributed by atoms with van der Waals surface area (Å²) in [5, 5.41) is 2.70. The molecule has 15 nitrogen and oxygen atoms in total. The van der Waals surface area contributed by atoms with E-state index in [1.54, 1.807) is 72.9 Å². The minimum atomic E-state index is -1.46. The zero-order chi connectivity index (χ0) is 38.1. The molecular formula is C34H45ClFN7O8. The number of esters is 1. The van der Waals surface area contributed by atoms with Crippen LogP contribution in [0, 0.1) is 5.82 Å². The number of benzene rings is 1. The van der Waals surface area contributed by atoms with Gasteiger partial charge >= 0.3 is 24.2 Å². The number of alkyl carbamates (subject to hydrolysis) is 1. The van der Waals surface area contributed by atoms with Crippen LogP contribution in [-0.4, -0.2) is 86.3 Å². The summed E-state index contributed by atoms with van der Waals surface area (Å²) < 4.78 is 38.4. The molecule has 1 aromatic carbocycles. The zero-order valence-corrected chi connectivity index (χ0v) is 31.3. The fourth-order valence-corrected chi connectivity index (χ4v) is 5.77. The predicted molar refractivity (Wildman–Crippen MR) is 186 cm³/mol. The second kappa shape index (κ2) is 14.5. The molecule has 1 aliphatic heterocycles. The Morgan fingerprint density at radius 1 is 0.922 bits per heavy atom. The SMILES string of the molecule is COC(=O)[C@@]1(NC(=O)OC(C)(C)C)CCN(c2ccc(F)c(CCl)c2Cn2cnc3c(N(C(=O)OC(C)(C)C)C(=O)OC(C)(C)C)ncnc32)C1. The molecular weight excluding hydrogens is 689 g/mol. The van der Waals surface area contributed by atoms with Gasteiger partial charge in [-0.05, 0) is 74.4 Å². The number of amides is 3. The van der Waals surface area contributed by atoms with Gasteiger partial charge in [-0.25, -0.2) is 38.5 Å². The molecule has 1 N–H and O–H groups in total. The number of anilines is 2. The molecule has 0 unspecified atom stereocenters. The molecule has 1 saturated heterocycles. The molecule has 4 rings (SSSR count). The molecule has 2 aromatic heterocycles. The van der Waals surface area contributed by atoms with Crippen molar-refractivity contribution in [3.8, 4) is 0 Å². The monoisotopic (exact) mass is 733 g/mol. The van der Waals surface area contributed by atoms with E-state index in [-0.39, 0.29) is 54.5 Å². The maximum absolute atomic E-state index is 15.3. The lowest BCUT2D eigenvalue weighted by molar-refractivity contribution is -0.147. The van der Waals surface area contributed by atoms with E-state index in [4.69, 9.17) is 30.5 Å². The molecule has 0 bridgehead atoms. The summed E-state index contributed by atoms with van der Waals surface area (Å²) in [6, 6.07) is 2.84. The normalized spacial score (nSPS) is 16.5. The Labute approximate surface area is 300 Å². The van der Waals surface area contributed by atoms with E-state index >= 15 is 4.39 Å². The van der Waals surface area contributed by atoms with Gasteiger partial charge in [0.2, 0.25) is 0 Å². The number of methoxy groups -OCH3 is 1. The second-order valence-electron chi connectivity index (χ2n) is 15.1. The average molecular weight is 734 g/mol. The molecule has 1 fully saturated rings. The number of carbonyl (C=O) groups is 4. The van der Waals surface area contributed by atoms with Crippen LogP contribution in [0.15, 0.2) is 24.8 Å². The van der Waals surface area contributed by atoms with E-state index in [9.17, 15) is 19.2 Å². The number of nitrogens with zero attached hydrogens (tertiary/aromatic N) is 6. The average Bonchev–Trinajstić information content (AvgIpc) is 3.60. The number of alkyl halides is 1. The standard InChI is InChI=1S/C34H45ClFN7O8/c1-31(2,3)49-28(45)40-34(27(44)48-10)13-14-41(17-34)23-12-11-22(36)20(15-35)21(23)16-42-19-39-24-25(42)37-18-38-26(24)43(29(46)50-32(4,5)6)30(47)51-33(7,8)9/h11-12,18-19H,13-17H2,1-10H3,(H,40,45)/t34-/m1/s1. The summed E-state index contributed by atoms with van der Waals surface area (Å²) in [4.78, 5) is 68.2. The van der Waals surface area contributed by atoms with E-state index in [2.05, 4.69) is 20.3 Å². The fraction of sp³-hybridized carbons (Fsp3) is 0.559. The van der Waals surface area contributed by atoms with Crippen molar-refractivity contribution in [2.24, 2.45) is 0 Å². The molecule has 1 aliphatic rings. The third kappa shape index (κ3) is 9.15. The summed E-state index contributed by atoms with van der Waals surface area (Å²) >= 11 is 6.31. The number of rotatable bonds is 7. The van der Waals surface area contributed by atoms with Gasteiger partial charge in [0.15, 0.2) is 22.5 Å². The molecule has 17 heteroatoms. The van der Waals surface area contributed by atoms with Gasteiger partial charge in [0, 0.05) is 29.8 Å². The molecule has 51 heavy (non-hydrogen) atoms. The Hall–Kier alpha value is -4.73. The van der Waals surface area contributed by atoms with Crippen molar-refractivity contribution in [3.05, 3.63) is 41.7 Å². The number of carbonyl (C=O) groups excluding carboxylic acids is 4. The predicted octanol–water partition coefficient (Wildman–Crippen LogP) is 6.08. The Morgan fingerprint density at radius 2 is 1.53 bits per heavy atom. The first-order valence-electron chi connectivity index (χ1n) is 16.2. The topological polar surface area (TPSA) is 167 Å². The van der Waals surface area contributed by atoms with Crippen LogP contribution in [0.4, 0.5) is 30.3 Å². The first-order valence-corrected chi connectivity index (χ1v) is 16.7. The Kier molecular flexibility index (Phi) is 11.1. The quantitative estimate of drug-likeness (QED) is 0.169. The summed E-state index contributed by atoms with van der Waals surface area (Å²) in [6.07, 6.45) is -0.132. The van der Waals surface area contributed by atoms with Crippen LogP contribution < -0.4 is 15.1 Å². The van der Waals surface area contributed by atoms with Crippen LogP contribution in [-0.2, 0) is 36.2 Å². The van der Waals surface area contributed by atoms with Crippen LogP contribution in [0.5, 0.6) is 0 Å². The Morgan fingerprint density at radius 3 is 2.08 bits per heavy atom. The van der Waals surface area contributed by atoms with E-state index in [1.165, 1.54) is 19.5 Å². The van der Waals surface area contributed by atoms with Gasteiger partial charge in [-0.3, -0.25) is 0 Å². The zero-order valence-electron chi connectivity index (χ0n) is 30.6. The minimum absolute atomic E-state index is 0.0169. The maximum atomic E-state index is 15.3. The van der Waals surface area contributed by atoms with E-state index in [1.807, 2.05) is 4.90 Å². The molecule has 0 radical (unpaired) electrons. The van der Waals surface area contributed by atoms with E-state index in [0.29, 0.717) is 16.2 Å². The number of nitrogens with one attached hydrogen (secondary N) is 1. The number of hydrogen-bond acceptors (Lipinski definition) is 12. The van der Waals surface area contributed by atoms with Crippen molar-refractivity contribution in [2.45, 2.75) is 104 Å². The number of imide groups is 1. The highest BCUT2D eigenvalue weighted by Crippen LogP contribution is 2.35. The second-order valence-corrected chi connectivity index (χ2v) is 15.3. The van der Waals surface area contributed by atoms with Gasteiger partial charge in [-0.1, -0.05) is 0 Å². The van der Waals surface area contributed by atoms with Gasteiger partial charge in [0.05, 0.1) is 32.4 Å². The first-order chi connectivity index (χ1) is 23.6. The molecule has 0 aliphatic carbocycles. The van der Waals surface area contributed by atoms with Crippen LogP contribution >= 0.6 is 11.6 Å². The van der Waals surface area contributed by atoms with Crippen molar-refractivity contribution in [3.63, 3.8) is 0 Å². The van der Waals surface area contributed by atoms with Crippen LogP contribution in [0.25, 0.3) is 11.2 Å². The summed E-state index contributed by atoms with van der Waals surface area (Å²) in [5.41, 5.74) is -2.77. The van der Waals surface area contributed by atoms with Crippen molar-refractivity contribution >= 4 is 58.5 Å². The van der Waals surface area contributed by atoms with Gasteiger partial charge in [0.25, 0.3) is 0 Å². The highest BCUT2D eigenvalue weighted by atomic mass is 35.5. The highest BCUT2D eigenvalue weighted by molar-refractivity contribution is 6.17. The number of imidazole rings is 1. The Balaban J connectivity index is 1.77. The van der Waals surface area contributed by atoms with Crippen molar-refractivity contribution in [1.29, 1.82) is 0 Å². The number of hydrogen-bond donors (Lipinski definition) is 1. The van der Waals surface area contributed by atoms with Gasteiger partial charge < -0.3 is 33.7 Å². The molecule has 0 saturated carbocycles. The minimum Gasteiger partial charge on any atom is -0.467 e. The lowest BCUT2D eigenvalue weighted by Crippen LogP contribution is -2.57. The third-order valence-electron chi connectivity index (χ3n) is 7.48. The first kappa shape index (κ1) is 39.1. The molecule has 3 heterocycles. The number of aromatic nitrogens is 4. The van der Waals surface area contributed by atoms with Crippen molar-refractivity contribution in [2.75, 3.05) is 30.0 Å². The van der Waals surface area contributed by atoms with Crippen molar-refractivity contribution in [1.82, 2.24) is 24.8 Å². The molecule has 3 amide bonds. The smallest absolute Gasteiger partial charge is 0.425 e. The molecule has 1 atom stereocenters. The van der Waals surface area contributed by atoms with Crippen LogP contribution in [0.3, 0.4) is 0 Å². The maximum Gasteiger partial charge on any atom is 0.425 e. The molecule has 278 valence electrons. The summed E-state index contributed by atoms with van der Waals surface area (Å²) in [7, 11) is 1.23. The number of halogens is 2. The van der Waals surface area contributed by atoms with Gasteiger partial charge in [0.1, 0.15) is 28.9 Å². The van der Waals surface area contributed by atoms with E-state index in [0.717, 1.165) is 6.33 Å². The van der Waals surface area contributed by atoms with Crippen LogP contribution in [0.2, 0.25) is 0 Å². The lowest BCUT2D eigenvalue weighted by atomic mass is 9.99. The highest BCUT2D eigenvalue weighted by Gasteiger charge is 2.48. The van der Waals surface area contributed by atoms with E-state index < -0.39 is 52.4 Å². The lowest BCUT2D eigenvalue weighted by Gasteiger charge is -2.30. The van der Waals surface area contributed by atoms with Gasteiger partial charge in [-0.2, -0.15) is 4.90 Å². The largest absolute Gasteiger partial charge is 0.467 e. The van der Waals surface area contributed by atoms with Crippen molar-refractivity contribution < 1.29 is 42.5 Å². The summed E-state index contributed by atoms with van der Waals surface area (Å²) in [6.45, 7) is 15.3.